The van der Waals surface area contributed by atoms with Gasteiger partial charge >= 0.3 is 0 Å². The van der Waals surface area contributed by atoms with Crippen molar-refractivity contribution in [3.8, 4) is 0 Å². The van der Waals surface area contributed by atoms with Crippen molar-refractivity contribution in [2.75, 3.05) is 20.1 Å². The van der Waals surface area contributed by atoms with Crippen LogP contribution < -0.4 is 5.32 Å². The van der Waals surface area contributed by atoms with Crippen molar-refractivity contribution in [1.82, 2.24) is 25.0 Å². The van der Waals surface area contributed by atoms with E-state index in [9.17, 15) is 19.5 Å². The maximum atomic E-state index is 14.3. The van der Waals surface area contributed by atoms with Crippen molar-refractivity contribution < 1.29 is 24.2 Å². The van der Waals surface area contributed by atoms with E-state index >= 15 is 0 Å². The standard InChI is InChI=1S/C34H37N5O5/c1-19-23(18-37(3)25-16-21-17-35-24-12-7-11-22(28(19)25)29(21)24)30(40)36-33(2)32(42)39-26(15-20-9-5-4-6-10-20)31(41)38-14-8-13-27(38)34(39,43)44-33/h4-7,9-12,17,23,25-27,35,43H,8,13-16,18H2,1-3H3,(H,36,40)/t23-,25+,26-,27-,33+,34-/m0/s1. The van der Waals surface area contributed by atoms with E-state index in [1.165, 1.54) is 22.8 Å². The summed E-state index contributed by atoms with van der Waals surface area (Å²) in [6.07, 6.45) is 4.36. The highest BCUT2D eigenvalue weighted by Gasteiger charge is 2.70. The second-order valence-corrected chi connectivity index (χ2v) is 13.2. The van der Waals surface area contributed by atoms with Gasteiger partial charge in [0, 0.05) is 42.7 Å². The molecule has 3 fully saturated rings. The highest BCUT2D eigenvalue weighted by molar-refractivity contribution is 6.01. The summed E-state index contributed by atoms with van der Waals surface area (Å²) in [6, 6.07) is 14.2. The highest BCUT2D eigenvalue weighted by atomic mass is 16.7. The number of benzene rings is 2. The molecule has 1 aromatic heterocycles. The van der Waals surface area contributed by atoms with Crippen LogP contribution in [0.25, 0.3) is 16.5 Å². The smallest absolute Gasteiger partial charge is 0.280 e. The number of aliphatic hydroxyl groups is 1. The van der Waals surface area contributed by atoms with Crippen molar-refractivity contribution in [3.63, 3.8) is 0 Å². The molecule has 0 bridgehead atoms. The average molecular weight is 596 g/mol. The Labute approximate surface area is 255 Å². The van der Waals surface area contributed by atoms with Gasteiger partial charge in [0.05, 0.1) is 5.92 Å². The van der Waals surface area contributed by atoms with Crippen LogP contribution in [0.15, 0.2) is 60.3 Å². The minimum Gasteiger partial charge on any atom is -0.361 e. The third-order valence-electron chi connectivity index (χ3n) is 10.6. The fraction of sp³-hybridized carbons (Fsp3) is 0.441. The largest absolute Gasteiger partial charge is 0.361 e. The first-order valence-corrected chi connectivity index (χ1v) is 15.5. The minimum atomic E-state index is -2.05. The van der Waals surface area contributed by atoms with Gasteiger partial charge in [-0.3, -0.25) is 28.9 Å². The van der Waals surface area contributed by atoms with E-state index < -0.39 is 35.5 Å². The fourth-order valence-electron chi connectivity index (χ4n) is 8.50. The Morgan fingerprint density at radius 2 is 1.95 bits per heavy atom. The van der Waals surface area contributed by atoms with Crippen LogP contribution in [-0.4, -0.2) is 92.4 Å². The summed E-state index contributed by atoms with van der Waals surface area (Å²) >= 11 is 0. The van der Waals surface area contributed by atoms with Gasteiger partial charge in [0.1, 0.15) is 12.1 Å². The predicted molar refractivity (Wildman–Crippen MR) is 163 cm³/mol. The van der Waals surface area contributed by atoms with Gasteiger partial charge in [-0.25, -0.2) is 0 Å². The molecule has 6 atom stereocenters. The molecule has 228 valence electrons. The number of likely N-dealkylation sites (N-methyl/N-ethyl adjacent to an activating group) is 1. The normalized spacial score (nSPS) is 33.1. The monoisotopic (exact) mass is 595 g/mol. The zero-order valence-electron chi connectivity index (χ0n) is 25.2. The van der Waals surface area contributed by atoms with Crippen LogP contribution >= 0.6 is 0 Å². The number of aromatic amines is 1. The average Bonchev–Trinajstić information content (AvgIpc) is 3.71. The Bertz CT molecular complexity index is 1750. The van der Waals surface area contributed by atoms with E-state index in [4.69, 9.17) is 4.74 Å². The van der Waals surface area contributed by atoms with Gasteiger partial charge in [-0.05, 0) is 68.5 Å². The maximum Gasteiger partial charge on any atom is 0.280 e. The van der Waals surface area contributed by atoms with Crippen molar-refractivity contribution in [2.45, 2.75) is 69.3 Å². The van der Waals surface area contributed by atoms with Gasteiger partial charge in [-0.15, -0.1) is 0 Å². The molecule has 0 spiro atoms. The van der Waals surface area contributed by atoms with E-state index in [-0.39, 0.29) is 24.3 Å². The zero-order valence-corrected chi connectivity index (χ0v) is 25.2. The summed E-state index contributed by atoms with van der Waals surface area (Å²) in [6.45, 7) is 4.48. The molecule has 4 aliphatic heterocycles. The first-order valence-electron chi connectivity index (χ1n) is 15.5. The molecule has 0 unspecified atom stereocenters. The number of rotatable bonds is 4. The maximum absolute atomic E-state index is 14.3. The first kappa shape index (κ1) is 27.6. The number of amides is 3. The summed E-state index contributed by atoms with van der Waals surface area (Å²) < 4.78 is 6.27. The molecule has 3 saturated heterocycles. The van der Waals surface area contributed by atoms with Gasteiger partial charge in [-0.1, -0.05) is 48.0 Å². The number of H-pyrrole nitrogens is 1. The molecule has 5 aliphatic rings. The molecule has 3 amide bonds. The van der Waals surface area contributed by atoms with Crippen molar-refractivity contribution in [3.05, 3.63) is 77.0 Å². The van der Waals surface area contributed by atoms with Gasteiger partial charge < -0.3 is 20.3 Å². The lowest BCUT2D eigenvalue weighted by Gasteiger charge is -2.48. The molecular formula is C34H37N5O5. The van der Waals surface area contributed by atoms with E-state index in [1.54, 1.807) is 4.90 Å². The molecule has 10 nitrogen and oxygen atoms in total. The van der Waals surface area contributed by atoms with Crippen LogP contribution in [0.4, 0.5) is 0 Å². The number of carbonyl (C=O) groups excluding carboxylic acids is 3. The quantitative estimate of drug-likeness (QED) is 0.427. The topological polar surface area (TPSA) is 118 Å². The third-order valence-corrected chi connectivity index (χ3v) is 10.6. The first-order chi connectivity index (χ1) is 21.1. The summed E-state index contributed by atoms with van der Waals surface area (Å²) in [4.78, 5) is 50.6. The van der Waals surface area contributed by atoms with Gasteiger partial charge in [0.2, 0.25) is 17.5 Å². The number of piperazine rings is 1. The van der Waals surface area contributed by atoms with E-state index in [1.807, 2.05) is 50.4 Å². The second kappa shape index (κ2) is 9.50. The van der Waals surface area contributed by atoms with Crippen LogP contribution in [0.1, 0.15) is 43.4 Å². The molecule has 5 heterocycles. The summed E-state index contributed by atoms with van der Waals surface area (Å²) in [5.74, 6) is -3.74. The van der Waals surface area contributed by atoms with Crippen LogP contribution in [0.2, 0.25) is 0 Å². The molecule has 1 aliphatic carbocycles. The van der Waals surface area contributed by atoms with Crippen LogP contribution in [0.3, 0.4) is 0 Å². The van der Waals surface area contributed by atoms with Crippen molar-refractivity contribution in [2.24, 2.45) is 5.92 Å². The van der Waals surface area contributed by atoms with E-state index in [0.717, 1.165) is 34.2 Å². The predicted octanol–water partition coefficient (Wildman–Crippen LogP) is 2.38. The molecule has 44 heavy (non-hydrogen) atoms. The summed E-state index contributed by atoms with van der Waals surface area (Å²) in [5, 5.41) is 16.2. The number of hydrogen-bond donors (Lipinski definition) is 3. The summed E-state index contributed by atoms with van der Waals surface area (Å²) in [5.41, 5.74) is 4.61. The van der Waals surface area contributed by atoms with Crippen LogP contribution in [0.5, 0.6) is 0 Å². The lowest BCUT2D eigenvalue weighted by molar-refractivity contribution is -0.315. The lowest BCUT2D eigenvalue weighted by Crippen LogP contribution is -2.71. The van der Waals surface area contributed by atoms with Crippen LogP contribution in [-0.2, 0) is 32.0 Å². The number of nitrogens with one attached hydrogen (secondary N) is 2. The molecule has 0 radical (unpaired) electrons. The van der Waals surface area contributed by atoms with Crippen molar-refractivity contribution >= 4 is 34.2 Å². The van der Waals surface area contributed by atoms with E-state index in [0.29, 0.717) is 25.9 Å². The van der Waals surface area contributed by atoms with Crippen LogP contribution in [0, 0.1) is 5.92 Å². The third kappa shape index (κ3) is 3.74. The Balaban J connectivity index is 1.13. The number of hydrogen-bond acceptors (Lipinski definition) is 6. The SMILES string of the molecule is CC1=C2c3cccc4[nH]cc(c34)C[C@H]2N(C)C[C@@H]1C(=O)N[C@]1(C)O[C@@]2(O)[C@@H]3CCCN3C(=O)[C@H](Cc3ccccc3)N2C1=O. The Kier molecular flexibility index (Phi) is 5.95. The molecule has 2 aromatic carbocycles. The molecule has 8 rings (SSSR count). The molecule has 0 saturated carbocycles. The second-order valence-electron chi connectivity index (χ2n) is 13.2. The minimum absolute atomic E-state index is 0.140. The zero-order chi connectivity index (χ0) is 30.5. The van der Waals surface area contributed by atoms with Gasteiger partial charge in [0.25, 0.3) is 11.8 Å². The Morgan fingerprint density at radius 3 is 2.75 bits per heavy atom. The summed E-state index contributed by atoms with van der Waals surface area (Å²) in [7, 11) is 2.03. The number of nitrogens with zero attached hydrogens (tertiary/aromatic N) is 3. The fourth-order valence-corrected chi connectivity index (χ4v) is 8.50. The molecule has 3 N–H and O–H groups in total. The van der Waals surface area contributed by atoms with E-state index in [2.05, 4.69) is 33.5 Å². The molecular weight excluding hydrogens is 558 g/mol. The Morgan fingerprint density at radius 1 is 1.16 bits per heavy atom. The number of ether oxygens (including phenoxy) is 1. The van der Waals surface area contributed by atoms with Gasteiger partial charge in [0.15, 0.2) is 0 Å². The van der Waals surface area contributed by atoms with Crippen molar-refractivity contribution in [1.29, 1.82) is 0 Å². The highest BCUT2D eigenvalue weighted by Crippen LogP contribution is 2.47. The number of aromatic nitrogens is 1. The number of carbonyl (C=O) groups is 3. The molecule has 10 heteroatoms. The lowest BCUT2D eigenvalue weighted by atomic mass is 9.76. The number of fused-ring (bicyclic) bond motifs is 5. The molecule has 3 aromatic rings. The van der Waals surface area contributed by atoms with Gasteiger partial charge in [-0.2, -0.15) is 0 Å². The Hall–Kier alpha value is -3.99.